The molecule has 5 nitrogen and oxygen atoms in total. The highest BCUT2D eigenvalue weighted by Crippen LogP contribution is 2.04. The number of carbonyl (C=O) groups is 1. The summed E-state index contributed by atoms with van der Waals surface area (Å²) in [6.07, 6.45) is 0.987. The van der Waals surface area contributed by atoms with Crippen molar-refractivity contribution in [2.24, 2.45) is 0 Å². The molecule has 0 aromatic carbocycles. The Morgan fingerprint density at radius 3 is 2.85 bits per heavy atom. The van der Waals surface area contributed by atoms with Gasteiger partial charge >= 0.3 is 0 Å². The fourth-order valence-corrected chi connectivity index (χ4v) is 0.967. The molecule has 0 saturated carbocycles. The van der Waals surface area contributed by atoms with Crippen LogP contribution in [0.4, 0.5) is 0 Å². The second kappa shape index (κ2) is 4.71. The molecular weight excluding hydrogens is 172 g/mol. The second-order valence-electron chi connectivity index (χ2n) is 2.77. The van der Waals surface area contributed by atoms with Crippen molar-refractivity contribution in [3.63, 3.8) is 0 Å². The molecule has 1 heterocycles. The maximum atomic E-state index is 11.0. The number of aryl methyl sites for hydroxylation is 2. The molecule has 0 N–H and O–H groups in total. The second-order valence-corrected chi connectivity index (χ2v) is 2.77. The van der Waals surface area contributed by atoms with Gasteiger partial charge in [-0.3, -0.25) is 4.79 Å². The van der Waals surface area contributed by atoms with E-state index in [0.717, 1.165) is 11.4 Å². The molecule has 0 aliphatic heterocycles. The highest BCUT2D eigenvalue weighted by atomic mass is 16.6. The van der Waals surface area contributed by atoms with Crippen LogP contribution in [0.5, 0.6) is 0 Å². The molecule has 1 aromatic rings. The summed E-state index contributed by atoms with van der Waals surface area (Å²) in [6, 6.07) is 0. The van der Waals surface area contributed by atoms with Gasteiger partial charge in [0, 0.05) is 20.0 Å². The molecule has 0 unspecified atom stereocenters. The third-order valence-corrected chi connectivity index (χ3v) is 1.69. The van der Waals surface area contributed by atoms with Gasteiger partial charge in [-0.15, -0.1) is 0 Å². The van der Waals surface area contributed by atoms with Crippen molar-refractivity contribution < 1.29 is 14.2 Å². The summed E-state index contributed by atoms with van der Waals surface area (Å²) in [7, 11) is 1.50. The maximum Gasteiger partial charge on any atom is 0.158 e. The van der Waals surface area contributed by atoms with Crippen LogP contribution in [0.15, 0.2) is 4.63 Å². The van der Waals surface area contributed by atoms with Crippen LogP contribution in [-0.2, 0) is 16.0 Å². The summed E-state index contributed by atoms with van der Waals surface area (Å²) in [5.74, 6) is 0.0601. The van der Waals surface area contributed by atoms with Gasteiger partial charge in [0.2, 0.25) is 0 Å². The minimum Gasteiger partial charge on any atom is -0.377 e. The van der Waals surface area contributed by atoms with Gasteiger partial charge in [0.05, 0.1) is 0 Å². The average molecular weight is 184 g/mol. The molecule has 5 heteroatoms. The molecule has 1 aromatic heterocycles. The standard InChI is InChI=1S/C8H12N2O3/c1-6-8(10-13-9-6)4-3-7(11)5-12-2/h3-5H2,1-2H3. The first-order valence-electron chi connectivity index (χ1n) is 4.02. The Bertz CT molecular complexity index is 283. The Labute approximate surface area is 76.0 Å². The Kier molecular flexibility index (Phi) is 3.57. The molecule has 0 fully saturated rings. The molecule has 0 aliphatic carbocycles. The van der Waals surface area contributed by atoms with Crippen LogP contribution in [0, 0.1) is 6.92 Å². The van der Waals surface area contributed by atoms with Crippen LogP contribution in [0.1, 0.15) is 17.8 Å². The molecule has 0 bridgehead atoms. The Balaban J connectivity index is 2.35. The van der Waals surface area contributed by atoms with E-state index in [9.17, 15) is 4.79 Å². The zero-order valence-electron chi connectivity index (χ0n) is 7.74. The average Bonchev–Trinajstić information content (AvgIpc) is 2.48. The van der Waals surface area contributed by atoms with Gasteiger partial charge in [0.15, 0.2) is 5.78 Å². The van der Waals surface area contributed by atoms with Crippen LogP contribution in [0.25, 0.3) is 0 Å². The summed E-state index contributed by atoms with van der Waals surface area (Å²) in [6.45, 7) is 1.96. The monoisotopic (exact) mass is 184 g/mol. The molecule has 0 saturated heterocycles. The van der Waals surface area contributed by atoms with Crippen molar-refractivity contribution in [2.75, 3.05) is 13.7 Å². The van der Waals surface area contributed by atoms with E-state index in [4.69, 9.17) is 4.74 Å². The fraction of sp³-hybridized carbons (Fsp3) is 0.625. The Morgan fingerprint density at radius 1 is 1.54 bits per heavy atom. The summed E-state index contributed by atoms with van der Waals surface area (Å²) >= 11 is 0. The predicted octanol–water partition coefficient (Wildman–Crippen LogP) is 0.526. The van der Waals surface area contributed by atoms with E-state index in [1.54, 1.807) is 6.92 Å². The number of ether oxygens (including phenoxy) is 1. The number of carbonyl (C=O) groups excluding carboxylic acids is 1. The summed E-state index contributed by atoms with van der Waals surface area (Å²) in [5.41, 5.74) is 1.48. The Hall–Kier alpha value is -1.23. The van der Waals surface area contributed by atoms with E-state index in [2.05, 4.69) is 14.9 Å². The van der Waals surface area contributed by atoms with Crippen molar-refractivity contribution in [3.8, 4) is 0 Å². The number of ketones is 1. The third kappa shape index (κ3) is 2.95. The van der Waals surface area contributed by atoms with Gasteiger partial charge in [0.1, 0.15) is 18.0 Å². The van der Waals surface area contributed by atoms with Crippen molar-refractivity contribution >= 4 is 5.78 Å². The van der Waals surface area contributed by atoms with E-state index in [0.29, 0.717) is 12.8 Å². The lowest BCUT2D eigenvalue weighted by Crippen LogP contribution is -2.07. The first-order valence-corrected chi connectivity index (χ1v) is 4.02. The molecule has 72 valence electrons. The lowest BCUT2D eigenvalue weighted by Gasteiger charge is -1.96. The van der Waals surface area contributed by atoms with Gasteiger partial charge < -0.3 is 4.74 Å². The summed E-state index contributed by atoms with van der Waals surface area (Å²) in [4.78, 5) is 11.0. The first kappa shape index (κ1) is 9.85. The van der Waals surface area contributed by atoms with Crippen LogP contribution >= 0.6 is 0 Å². The van der Waals surface area contributed by atoms with Crippen molar-refractivity contribution in [1.82, 2.24) is 10.3 Å². The molecule has 0 amide bonds. The lowest BCUT2D eigenvalue weighted by atomic mass is 10.1. The van der Waals surface area contributed by atoms with Crippen LogP contribution in [-0.4, -0.2) is 29.8 Å². The number of Topliss-reactive ketones (excluding diaryl/α,β-unsaturated/α-hetero) is 1. The zero-order chi connectivity index (χ0) is 9.68. The SMILES string of the molecule is COCC(=O)CCc1nonc1C. The van der Waals surface area contributed by atoms with Gasteiger partial charge in [-0.25, -0.2) is 4.63 Å². The molecule has 13 heavy (non-hydrogen) atoms. The zero-order valence-corrected chi connectivity index (χ0v) is 7.74. The molecule has 0 spiro atoms. The van der Waals surface area contributed by atoms with E-state index in [-0.39, 0.29) is 12.4 Å². The molecular formula is C8H12N2O3. The minimum atomic E-state index is 0.0601. The third-order valence-electron chi connectivity index (χ3n) is 1.69. The van der Waals surface area contributed by atoms with E-state index < -0.39 is 0 Å². The molecule has 0 atom stereocenters. The highest BCUT2D eigenvalue weighted by Gasteiger charge is 2.07. The normalized spacial score (nSPS) is 10.3. The van der Waals surface area contributed by atoms with Gasteiger partial charge in [0.25, 0.3) is 0 Å². The number of hydrogen-bond acceptors (Lipinski definition) is 5. The van der Waals surface area contributed by atoms with E-state index in [1.165, 1.54) is 7.11 Å². The van der Waals surface area contributed by atoms with E-state index in [1.807, 2.05) is 0 Å². The van der Waals surface area contributed by atoms with Crippen molar-refractivity contribution in [1.29, 1.82) is 0 Å². The number of methoxy groups -OCH3 is 1. The summed E-state index contributed by atoms with van der Waals surface area (Å²) in [5, 5.41) is 7.28. The van der Waals surface area contributed by atoms with Gasteiger partial charge in [-0.1, -0.05) is 10.3 Å². The maximum absolute atomic E-state index is 11.0. The molecule has 1 rings (SSSR count). The van der Waals surface area contributed by atoms with Gasteiger partial charge in [-0.2, -0.15) is 0 Å². The number of hydrogen-bond donors (Lipinski definition) is 0. The van der Waals surface area contributed by atoms with E-state index >= 15 is 0 Å². The van der Waals surface area contributed by atoms with Gasteiger partial charge in [-0.05, 0) is 6.92 Å². The number of aromatic nitrogens is 2. The first-order chi connectivity index (χ1) is 6.24. The lowest BCUT2D eigenvalue weighted by molar-refractivity contribution is -0.122. The van der Waals surface area contributed by atoms with Crippen molar-refractivity contribution in [2.45, 2.75) is 19.8 Å². The van der Waals surface area contributed by atoms with Crippen LogP contribution < -0.4 is 0 Å². The number of rotatable bonds is 5. The quantitative estimate of drug-likeness (QED) is 0.667. The van der Waals surface area contributed by atoms with Crippen molar-refractivity contribution in [3.05, 3.63) is 11.4 Å². The Morgan fingerprint density at radius 2 is 2.31 bits per heavy atom. The predicted molar refractivity (Wildman–Crippen MR) is 44.2 cm³/mol. The minimum absolute atomic E-state index is 0.0601. The molecule has 0 aliphatic rings. The fourth-order valence-electron chi connectivity index (χ4n) is 0.967. The topological polar surface area (TPSA) is 65.2 Å². The highest BCUT2D eigenvalue weighted by molar-refractivity contribution is 5.79. The molecule has 0 radical (unpaired) electrons. The van der Waals surface area contributed by atoms with Crippen LogP contribution in [0.3, 0.4) is 0 Å². The van der Waals surface area contributed by atoms with Crippen LogP contribution in [0.2, 0.25) is 0 Å². The number of nitrogens with zero attached hydrogens (tertiary/aromatic N) is 2. The summed E-state index contributed by atoms with van der Waals surface area (Å²) < 4.78 is 9.19. The smallest absolute Gasteiger partial charge is 0.158 e. The largest absolute Gasteiger partial charge is 0.377 e.